The van der Waals surface area contributed by atoms with Crippen LogP contribution in [0.5, 0.6) is 0 Å². The van der Waals surface area contributed by atoms with Crippen LogP contribution in [0.1, 0.15) is 13.8 Å². The fraction of sp³-hybridized carbons (Fsp3) is 0.333. The van der Waals surface area contributed by atoms with E-state index in [1.54, 1.807) is 12.1 Å². The number of nitrogens with one attached hydrogen (secondary N) is 2. The summed E-state index contributed by atoms with van der Waals surface area (Å²) in [5.41, 5.74) is 0.425. The van der Waals surface area contributed by atoms with Crippen molar-refractivity contribution in [3.63, 3.8) is 0 Å². The fourth-order valence-electron chi connectivity index (χ4n) is 1.14. The second kappa shape index (κ2) is 6.61. The molecule has 0 bridgehead atoms. The molecule has 2 N–H and O–H groups in total. The molecule has 0 spiro atoms. The van der Waals surface area contributed by atoms with Gasteiger partial charge in [0.15, 0.2) is 0 Å². The molecule has 0 saturated heterocycles. The van der Waals surface area contributed by atoms with Gasteiger partial charge in [-0.05, 0) is 24.1 Å². The number of benzene rings is 1. The van der Waals surface area contributed by atoms with Crippen LogP contribution in [-0.2, 0) is 9.59 Å². The topological polar surface area (TPSA) is 58.2 Å². The van der Waals surface area contributed by atoms with Crippen LogP contribution in [0.3, 0.4) is 0 Å². The Morgan fingerprint density at radius 1 is 1.17 bits per heavy atom. The van der Waals surface area contributed by atoms with Gasteiger partial charge in [-0.3, -0.25) is 9.59 Å². The normalized spacial score (nSPS) is 10.3. The average Bonchev–Trinajstić information content (AvgIpc) is 2.30. The zero-order chi connectivity index (χ0) is 13.7. The molecule has 18 heavy (non-hydrogen) atoms. The molecular formula is C12H14Cl2N2O2. The van der Waals surface area contributed by atoms with Crippen LogP contribution in [0.25, 0.3) is 0 Å². The third-order valence-corrected chi connectivity index (χ3v) is 2.79. The van der Waals surface area contributed by atoms with Crippen molar-refractivity contribution in [1.82, 2.24) is 5.32 Å². The van der Waals surface area contributed by atoms with Crippen LogP contribution in [0, 0.1) is 5.92 Å². The predicted molar refractivity (Wildman–Crippen MR) is 72.9 cm³/mol. The third-order valence-electron chi connectivity index (χ3n) is 2.05. The van der Waals surface area contributed by atoms with Gasteiger partial charge in [0.05, 0.1) is 10.0 Å². The molecule has 0 unspecified atom stereocenters. The molecule has 0 aromatic heterocycles. The SMILES string of the molecule is CC(C)CNC(=O)C(=O)Nc1ccc(Cl)c(Cl)c1. The lowest BCUT2D eigenvalue weighted by atomic mass is 10.2. The van der Waals surface area contributed by atoms with Crippen molar-refractivity contribution >= 4 is 40.7 Å². The van der Waals surface area contributed by atoms with Gasteiger partial charge < -0.3 is 10.6 Å². The van der Waals surface area contributed by atoms with Crippen LogP contribution in [0.4, 0.5) is 5.69 Å². The summed E-state index contributed by atoms with van der Waals surface area (Å²) in [5.74, 6) is -1.12. The summed E-state index contributed by atoms with van der Waals surface area (Å²) in [6.07, 6.45) is 0. The van der Waals surface area contributed by atoms with Crippen molar-refractivity contribution in [1.29, 1.82) is 0 Å². The lowest BCUT2D eigenvalue weighted by molar-refractivity contribution is -0.136. The van der Waals surface area contributed by atoms with E-state index < -0.39 is 11.8 Å². The number of hydrogen-bond donors (Lipinski definition) is 2. The van der Waals surface area contributed by atoms with Gasteiger partial charge in [0.2, 0.25) is 0 Å². The highest BCUT2D eigenvalue weighted by atomic mass is 35.5. The monoisotopic (exact) mass is 288 g/mol. The molecule has 0 radical (unpaired) electrons. The minimum Gasteiger partial charge on any atom is -0.348 e. The van der Waals surface area contributed by atoms with Gasteiger partial charge in [-0.25, -0.2) is 0 Å². The summed E-state index contributed by atoms with van der Waals surface area (Å²) in [7, 11) is 0. The molecule has 0 aliphatic heterocycles. The van der Waals surface area contributed by atoms with Gasteiger partial charge >= 0.3 is 11.8 Å². The number of anilines is 1. The van der Waals surface area contributed by atoms with E-state index in [1.165, 1.54) is 6.07 Å². The number of amides is 2. The standard InChI is InChI=1S/C12H14Cl2N2O2/c1-7(2)6-15-11(17)12(18)16-8-3-4-9(13)10(14)5-8/h3-5,7H,6H2,1-2H3,(H,15,17)(H,16,18). The maximum Gasteiger partial charge on any atom is 0.313 e. The molecule has 1 rings (SSSR count). The Kier molecular flexibility index (Phi) is 5.44. The van der Waals surface area contributed by atoms with Gasteiger partial charge in [-0.15, -0.1) is 0 Å². The van der Waals surface area contributed by atoms with E-state index in [2.05, 4.69) is 10.6 Å². The maximum absolute atomic E-state index is 11.5. The molecule has 2 amide bonds. The molecule has 0 aliphatic rings. The van der Waals surface area contributed by atoms with Crippen molar-refractivity contribution in [2.24, 2.45) is 5.92 Å². The van der Waals surface area contributed by atoms with E-state index in [1.807, 2.05) is 13.8 Å². The first kappa shape index (κ1) is 14.8. The maximum atomic E-state index is 11.5. The van der Waals surface area contributed by atoms with Crippen LogP contribution < -0.4 is 10.6 Å². The fourth-order valence-corrected chi connectivity index (χ4v) is 1.44. The summed E-state index contributed by atoms with van der Waals surface area (Å²) >= 11 is 11.5. The summed E-state index contributed by atoms with van der Waals surface area (Å²) in [5, 5.41) is 5.66. The Labute approximate surface area is 116 Å². The summed E-state index contributed by atoms with van der Waals surface area (Å²) < 4.78 is 0. The van der Waals surface area contributed by atoms with Gasteiger partial charge in [-0.2, -0.15) is 0 Å². The summed E-state index contributed by atoms with van der Waals surface area (Å²) in [4.78, 5) is 22.9. The quantitative estimate of drug-likeness (QED) is 0.840. The van der Waals surface area contributed by atoms with Gasteiger partial charge in [-0.1, -0.05) is 37.0 Å². The third kappa shape index (κ3) is 4.55. The highest BCUT2D eigenvalue weighted by molar-refractivity contribution is 6.42. The number of hydrogen-bond acceptors (Lipinski definition) is 2. The Bertz CT molecular complexity index is 461. The van der Waals surface area contributed by atoms with Crippen molar-refractivity contribution in [2.45, 2.75) is 13.8 Å². The zero-order valence-corrected chi connectivity index (χ0v) is 11.6. The van der Waals surface area contributed by atoms with Crippen LogP contribution >= 0.6 is 23.2 Å². The molecule has 6 heteroatoms. The van der Waals surface area contributed by atoms with Crippen molar-refractivity contribution < 1.29 is 9.59 Å². The zero-order valence-electron chi connectivity index (χ0n) is 10.1. The van der Waals surface area contributed by atoms with Crippen LogP contribution in [0.2, 0.25) is 10.0 Å². The molecular weight excluding hydrogens is 275 g/mol. The molecule has 4 nitrogen and oxygen atoms in total. The van der Waals surface area contributed by atoms with Crippen molar-refractivity contribution in [3.05, 3.63) is 28.2 Å². The number of carbonyl (C=O) groups excluding carboxylic acids is 2. The molecule has 1 aromatic carbocycles. The number of halogens is 2. The van der Waals surface area contributed by atoms with Crippen molar-refractivity contribution in [2.75, 3.05) is 11.9 Å². The molecule has 0 atom stereocenters. The first-order valence-corrected chi connectivity index (χ1v) is 6.20. The van der Waals surface area contributed by atoms with Gasteiger partial charge in [0.1, 0.15) is 0 Å². The van der Waals surface area contributed by atoms with E-state index in [-0.39, 0.29) is 5.92 Å². The Morgan fingerprint density at radius 3 is 2.39 bits per heavy atom. The van der Waals surface area contributed by atoms with E-state index in [9.17, 15) is 9.59 Å². The largest absolute Gasteiger partial charge is 0.348 e. The smallest absolute Gasteiger partial charge is 0.313 e. The second-order valence-corrected chi connectivity index (χ2v) is 5.00. The molecule has 0 saturated carbocycles. The van der Waals surface area contributed by atoms with Crippen LogP contribution in [-0.4, -0.2) is 18.4 Å². The highest BCUT2D eigenvalue weighted by Crippen LogP contribution is 2.24. The molecule has 98 valence electrons. The molecule has 1 aromatic rings. The lowest BCUT2D eigenvalue weighted by Crippen LogP contribution is -2.37. The minimum absolute atomic E-state index is 0.284. The Hall–Kier alpha value is -1.26. The number of carbonyl (C=O) groups is 2. The van der Waals surface area contributed by atoms with Gasteiger partial charge in [0.25, 0.3) is 0 Å². The second-order valence-electron chi connectivity index (χ2n) is 4.19. The average molecular weight is 289 g/mol. The first-order valence-electron chi connectivity index (χ1n) is 5.44. The Morgan fingerprint density at radius 2 is 1.83 bits per heavy atom. The molecule has 0 aliphatic carbocycles. The molecule has 0 heterocycles. The Balaban J connectivity index is 2.58. The van der Waals surface area contributed by atoms with E-state index >= 15 is 0 Å². The summed E-state index contributed by atoms with van der Waals surface area (Å²) in [6.45, 7) is 4.34. The van der Waals surface area contributed by atoms with Crippen molar-refractivity contribution in [3.8, 4) is 0 Å². The lowest BCUT2D eigenvalue weighted by Gasteiger charge is -2.08. The van der Waals surface area contributed by atoms with E-state index in [4.69, 9.17) is 23.2 Å². The molecule has 0 fully saturated rings. The summed E-state index contributed by atoms with van der Waals surface area (Å²) in [6, 6.07) is 4.60. The van der Waals surface area contributed by atoms with Crippen LogP contribution in [0.15, 0.2) is 18.2 Å². The van der Waals surface area contributed by atoms with E-state index in [0.717, 1.165) is 0 Å². The van der Waals surface area contributed by atoms with Gasteiger partial charge in [0, 0.05) is 12.2 Å². The highest BCUT2D eigenvalue weighted by Gasteiger charge is 2.14. The number of rotatable bonds is 3. The predicted octanol–water partition coefficient (Wildman–Crippen LogP) is 2.70. The first-order chi connectivity index (χ1) is 8.40. The minimum atomic E-state index is -0.728. The van der Waals surface area contributed by atoms with E-state index in [0.29, 0.717) is 22.3 Å².